The largest absolute Gasteiger partial charge is 0.312 e. The van der Waals surface area contributed by atoms with Gasteiger partial charge in [-0.1, -0.05) is 23.0 Å². The summed E-state index contributed by atoms with van der Waals surface area (Å²) in [6.45, 7) is 9.34. The molecule has 0 aliphatic rings. The third-order valence-electron chi connectivity index (χ3n) is 3.04. The predicted molar refractivity (Wildman–Crippen MR) is 86.1 cm³/mol. The molecule has 0 atom stereocenters. The monoisotopic (exact) mass is 307 g/mol. The van der Waals surface area contributed by atoms with Crippen molar-refractivity contribution in [2.75, 3.05) is 6.54 Å². The van der Waals surface area contributed by atoms with Gasteiger partial charge in [0.05, 0.1) is 0 Å². The molecular weight excluding hydrogens is 285 g/mol. The molecule has 21 heavy (non-hydrogen) atoms. The van der Waals surface area contributed by atoms with Gasteiger partial charge in [-0.25, -0.2) is 4.39 Å². The van der Waals surface area contributed by atoms with Crippen LogP contribution < -0.4 is 5.32 Å². The average molecular weight is 307 g/mol. The second-order valence-electron chi connectivity index (χ2n) is 6.26. The second-order valence-corrected chi connectivity index (χ2v) is 7.33. The van der Waals surface area contributed by atoms with Crippen LogP contribution in [-0.4, -0.2) is 22.3 Å². The van der Waals surface area contributed by atoms with Gasteiger partial charge < -0.3 is 5.32 Å². The van der Waals surface area contributed by atoms with Gasteiger partial charge in [0.25, 0.3) is 0 Å². The normalized spacial score (nSPS) is 11.9. The van der Waals surface area contributed by atoms with Gasteiger partial charge in [0.2, 0.25) is 0 Å². The Hall–Kier alpha value is -1.33. The maximum absolute atomic E-state index is 13.8. The molecule has 3 nitrogen and oxygen atoms in total. The van der Waals surface area contributed by atoms with Crippen molar-refractivity contribution in [2.24, 2.45) is 0 Å². The van der Waals surface area contributed by atoms with Crippen molar-refractivity contribution in [2.45, 2.75) is 46.1 Å². The Bertz CT molecular complexity index is 602. The minimum Gasteiger partial charge on any atom is -0.312 e. The smallest absolute Gasteiger partial charge is 0.150 e. The SMILES string of the molecule is Cc1ccc(F)c(-c2nnc(CCCNC(C)(C)C)s2)c1. The third-order valence-corrected chi connectivity index (χ3v) is 4.06. The zero-order chi connectivity index (χ0) is 15.5. The van der Waals surface area contributed by atoms with E-state index in [1.807, 2.05) is 13.0 Å². The molecule has 1 heterocycles. The summed E-state index contributed by atoms with van der Waals surface area (Å²) in [5, 5.41) is 13.4. The van der Waals surface area contributed by atoms with Gasteiger partial charge in [-0.3, -0.25) is 0 Å². The molecule has 0 spiro atoms. The van der Waals surface area contributed by atoms with Crippen LogP contribution in [0.3, 0.4) is 0 Å². The van der Waals surface area contributed by atoms with Crippen molar-refractivity contribution in [1.82, 2.24) is 15.5 Å². The number of rotatable bonds is 5. The van der Waals surface area contributed by atoms with Crippen molar-refractivity contribution in [1.29, 1.82) is 0 Å². The first-order valence-electron chi connectivity index (χ1n) is 7.19. The molecule has 1 aromatic carbocycles. The number of benzene rings is 1. The van der Waals surface area contributed by atoms with Crippen LogP contribution >= 0.6 is 11.3 Å². The highest BCUT2D eigenvalue weighted by atomic mass is 32.1. The summed E-state index contributed by atoms with van der Waals surface area (Å²) in [5.74, 6) is -0.238. The fraction of sp³-hybridized carbons (Fsp3) is 0.500. The van der Waals surface area contributed by atoms with E-state index in [0.29, 0.717) is 10.6 Å². The molecule has 0 fully saturated rings. The topological polar surface area (TPSA) is 37.8 Å². The number of hydrogen-bond donors (Lipinski definition) is 1. The second kappa shape index (κ2) is 6.62. The molecule has 0 bridgehead atoms. The van der Waals surface area contributed by atoms with Crippen LogP contribution in [0.5, 0.6) is 0 Å². The van der Waals surface area contributed by atoms with E-state index in [-0.39, 0.29) is 11.4 Å². The van der Waals surface area contributed by atoms with Crippen molar-refractivity contribution in [3.05, 3.63) is 34.6 Å². The van der Waals surface area contributed by atoms with Crippen LogP contribution in [0, 0.1) is 12.7 Å². The minimum atomic E-state index is -0.238. The molecule has 2 aromatic rings. The number of halogens is 1. The van der Waals surface area contributed by atoms with Crippen molar-refractivity contribution < 1.29 is 4.39 Å². The van der Waals surface area contributed by atoms with Crippen LogP contribution in [0.1, 0.15) is 37.8 Å². The van der Waals surface area contributed by atoms with E-state index >= 15 is 0 Å². The number of hydrogen-bond acceptors (Lipinski definition) is 4. The van der Waals surface area contributed by atoms with E-state index in [1.54, 1.807) is 6.07 Å². The molecule has 2 rings (SSSR count). The van der Waals surface area contributed by atoms with Crippen LogP contribution in [0.2, 0.25) is 0 Å². The molecule has 0 saturated carbocycles. The lowest BCUT2D eigenvalue weighted by atomic mass is 10.1. The van der Waals surface area contributed by atoms with E-state index in [4.69, 9.17) is 0 Å². The fourth-order valence-electron chi connectivity index (χ4n) is 1.97. The zero-order valence-electron chi connectivity index (χ0n) is 13.0. The van der Waals surface area contributed by atoms with Crippen LogP contribution in [0.4, 0.5) is 4.39 Å². The molecule has 0 saturated heterocycles. The molecule has 0 amide bonds. The molecule has 1 N–H and O–H groups in total. The minimum absolute atomic E-state index is 0.136. The lowest BCUT2D eigenvalue weighted by Gasteiger charge is -2.20. The molecule has 0 aliphatic heterocycles. The first-order chi connectivity index (χ1) is 9.85. The molecular formula is C16H22FN3S. The van der Waals surface area contributed by atoms with Crippen molar-refractivity contribution >= 4 is 11.3 Å². The molecule has 0 aliphatic carbocycles. The Balaban J connectivity index is 1.97. The van der Waals surface area contributed by atoms with Gasteiger partial charge in [0.1, 0.15) is 10.8 Å². The van der Waals surface area contributed by atoms with Gasteiger partial charge in [0, 0.05) is 17.5 Å². The number of nitrogens with one attached hydrogen (secondary N) is 1. The summed E-state index contributed by atoms with van der Waals surface area (Å²) in [4.78, 5) is 0. The van der Waals surface area contributed by atoms with Crippen LogP contribution in [-0.2, 0) is 6.42 Å². The van der Waals surface area contributed by atoms with E-state index in [2.05, 4.69) is 36.3 Å². The highest BCUT2D eigenvalue weighted by Crippen LogP contribution is 2.27. The highest BCUT2D eigenvalue weighted by molar-refractivity contribution is 7.14. The first kappa shape index (κ1) is 16.0. The molecule has 1 aromatic heterocycles. The zero-order valence-corrected chi connectivity index (χ0v) is 13.9. The van der Waals surface area contributed by atoms with Gasteiger partial charge in [-0.2, -0.15) is 0 Å². The van der Waals surface area contributed by atoms with E-state index in [0.717, 1.165) is 30.0 Å². The molecule has 5 heteroatoms. The summed E-state index contributed by atoms with van der Waals surface area (Å²) in [5.41, 5.74) is 1.71. The van der Waals surface area contributed by atoms with Gasteiger partial charge in [-0.15, -0.1) is 10.2 Å². The summed E-state index contributed by atoms with van der Waals surface area (Å²) < 4.78 is 13.8. The van der Waals surface area contributed by atoms with E-state index < -0.39 is 0 Å². The molecule has 114 valence electrons. The van der Waals surface area contributed by atoms with Crippen LogP contribution in [0.25, 0.3) is 10.6 Å². The Labute approximate surface area is 129 Å². The predicted octanol–water partition coefficient (Wildman–Crippen LogP) is 3.97. The lowest BCUT2D eigenvalue weighted by molar-refractivity contribution is 0.422. The summed E-state index contributed by atoms with van der Waals surface area (Å²) >= 11 is 1.48. The van der Waals surface area contributed by atoms with E-state index in [9.17, 15) is 4.39 Å². The number of aromatic nitrogens is 2. The maximum Gasteiger partial charge on any atom is 0.150 e. The fourth-order valence-corrected chi connectivity index (χ4v) is 2.87. The van der Waals surface area contributed by atoms with Crippen molar-refractivity contribution in [3.63, 3.8) is 0 Å². The van der Waals surface area contributed by atoms with Crippen molar-refractivity contribution in [3.8, 4) is 10.6 Å². The Morgan fingerprint density at radius 3 is 2.71 bits per heavy atom. The standard InChI is InChI=1S/C16H22FN3S/c1-11-7-8-13(17)12(10-11)15-20-19-14(21-15)6-5-9-18-16(2,3)4/h7-8,10,18H,5-6,9H2,1-4H3. The van der Waals surface area contributed by atoms with Crippen LogP contribution in [0.15, 0.2) is 18.2 Å². The number of aryl methyl sites for hydroxylation is 2. The van der Waals surface area contributed by atoms with Gasteiger partial charge in [-0.05, 0) is 52.8 Å². The molecule has 0 unspecified atom stereocenters. The maximum atomic E-state index is 13.8. The first-order valence-corrected chi connectivity index (χ1v) is 8.01. The summed E-state index contributed by atoms with van der Waals surface area (Å²) in [6.07, 6.45) is 1.87. The highest BCUT2D eigenvalue weighted by Gasteiger charge is 2.12. The summed E-state index contributed by atoms with van der Waals surface area (Å²) in [6, 6.07) is 5.07. The Morgan fingerprint density at radius 1 is 1.24 bits per heavy atom. The number of nitrogens with zero attached hydrogens (tertiary/aromatic N) is 2. The Morgan fingerprint density at radius 2 is 2.00 bits per heavy atom. The van der Waals surface area contributed by atoms with Gasteiger partial charge in [0.15, 0.2) is 5.01 Å². The lowest BCUT2D eigenvalue weighted by Crippen LogP contribution is -2.36. The van der Waals surface area contributed by atoms with E-state index in [1.165, 1.54) is 17.4 Å². The average Bonchev–Trinajstić information content (AvgIpc) is 2.85. The molecule has 0 radical (unpaired) electrons. The quantitative estimate of drug-likeness (QED) is 0.849. The summed E-state index contributed by atoms with van der Waals surface area (Å²) in [7, 11) is 0. The van der Waals surface area contributed by atoms with Gasteiger partial charge >= 0.3 is 0 Å². The third kappa shape index (κ3) is 4.86. The Kier molecular flexibility index (Phi) is 5.06.